The van der Waals surface area contributed by atoms with Gasteiger partial charge in [0.25, 0.3) is 5.91 Å². The molecule has 0 saturated heterocycles. The second-order valence-corrected chi connectivity index (χ2v) is 4.23. The summed E-state index contributed by atoms with van der Waals surface area (Å²) in [6.07, 6.45) is 0.963. The first-order valence-electron chi connectivity index (χ1n) is 5.10. The van der Waals surface area contributed by atoms with Gasteiger partial charge in [-0.3, -0.25) is 4.79 Å². The lowest BCUT2D eigenvalue weighted by atomic mass is 10.1. The van der Waals surface area contributed by atoms with Crippen molar-refractivity contribution in [2.24, 2.45) is 0 Å². The first kappa shape index (κ1) is 13.4. The third-order valence-corrected chi connectivity index (χ3v) is 2.36. The predicted octanol–water partition coefficient (Wildman–Crippen LogP) is 0.958. The summed E-state index contributed by atoms with van der Waals surface area (Å²) in [6, 6.07) is 1.05. The topological polar surface area (TPSA) is 77.2 Å². The summed E-state index contributed by atoms with van der Waals surface area (Å²) in [5.74, 6) is -1.07. The number of methoxy groups -OCH3 is 1. The van der Waals surface area contributed by atoms with Gasteiger partial charge in [-0.2, -0.15) is 0 Å². The number of pyridine rings is 1. The number of nitrogen functional groups attached to an aromatic ring is 1. The summed E-state index contributed by atoms with van der Waals surface area (Å²) in [5, 5.41) is 2.61. The SMILES string of the molecule is COC(C)(C)CNC(=O)c1cc(F)cnc1N. The number of nitrogens with two attached hydrogens (primary N) is 1. The maximum atomic E-state index is 12.9. The van der Waals surface area contributed by atoms with Gasteiger partial charge in [-0.15, -0.1) is 0 Å². The highest BCUT2D eigenvalue weighted by molar-refractivity contribution is 5.98. The van der Waals surface area contributed by atoms with E-state index in [0.29, 0.717) is 0 Å². The number of carbonyl (C=O) groups excluding carboxylic acids is 1. The lowest BCUT2D eigenvalue weighted by Crippen LogP contribution is -2.40. The number of carbonyl (C=O) groups is 1. The molecule has 0 spiro atoms. The van der Waals surface area contributed by atoms with Gasteiger partial charge in [-0.25, -0.2) is 9.37 Å². The largest absolute Gasteiger partial charge is 0.383 e. The normalized spacial score (nSPS) is 11.3. The van der Waals surface area contributed by atoms with Crippen molar-refractivity contribution in [3.63, 3.8) is 0 Å². The number of amides is 1. The molecule has 0 bridgehead atoms. The predicted molar refractivity (Wildman–Crippen MR) is 62.0 cm³/mol. The van der Waals surface area contributed by atoms with Crippen molar-refractivity contribution in [1.29, 1.82) is 0 Å². The Kier molecular flexibility index (Phi) is 4.01. The van der Waals surface area contributed by atoms with Crippen molar-refractivity contribution < 1.29 is 13.9 Å². The molecular formula is C11H16FN3O2. The molecule has 0 atom stereocenters. The summed E-state index contributed by atoms with van der Waals surface area (Å²) in [4.78, 5) is 15.3. The van der Waals surface area contributed by atoms with Crippen LogP contribution in [0.15, 0.2) is 12.3 Å². The van der Waals surface area contributed by atoms with E-state index in [4.69, 9.17) is 10.5 Å². The Bertz CT molecular complexity index is 421. The monoisotopic (exact) mass is 241 g/mol. The quantitative estimate of drug-likeness (QED) is 0.823. The molecule has 17 heavy (non-hydrogen) atoms. The number of anilines is 1. The fourth-order valence-electron chi connectivity index (χ4n) is 1.09. The molecule has 0 aliphatic heterocycles. The first-order chi connectivity index (χ1) is 7.85. The van der Waals surface area contributed by atoms with Gasteiger partial charge in [0.15, 0.2) is 0 Å². The Morgan fingerprint density at radius 3 is 2.88 bits per heavy atom. The van der Waals surface area contributed by atoms with Crippen LogP contribution in [0.5, 0.6) is 0 Å². The molecule has 1 amide bonds. The van der Waals surface area contributed by atoms with Gasteiger partial charge in [0.1, 0.15) is 11.6 Å². The minimum absolute atomic E-state index is 0.000812. The number of hydrogen-bond donors (Lipinski definition) is 2. The Morgan fingerprint density at radius 1 is 1.65 bits per heavy atom. The van der Waals surface area contributed by atoms with E-state index in [2.05, 4.69) is 10.3 Å². The fourth-order valence-corrected chi connectivity index (χ4v) is 1.09. The van der Waals surface area contributed by atoms with Crippen LogP contribution in [0.2, 0.25) is 0 Å². The van der Waals surface area contributed by atoms with Gasteiger partial charge >= 0.3 is 0 Å². The summed E-state index contributed by atoms with van der Waals surface area (Å²) in [5.41, 5.74) is 5.02. The Morgan fingerprint density at radius 2 is 2.29 bits per heavy atom. The van der Waals surface area contributed by atoms with E-state index in [-0.39, 0.29) is 17.9 Å². The molecule has 0 unspecified atom stereocenters. The summed E-state index contributed by atoms with van der Waals surface area (Å²) >= 11 is 0. The van der Waals surface area contributed by atoms with E-state index in [0.717, 1.165) is 12.3 Å². The zero-order valence-electron chi connectivity index (χ0n) is 10.1. The molecule has 0 aromatic carbocycles. The molecule has 6 heteroatoms. The van der Waals surface area contributed by atoms with Crippen molar-refractivity contribution in [1.82, 2.24) is 10.3 Å². The number of aromatic nitrogens is 1. The smallest absolute Gasteiger partial charge is 0.255 e. The maximum absolute atomic E-state index is 12.9. The highest BCUT2D eigenvalue weighted by Gasteiger charge is 2.19. The number of halogens is 1. The molecule has 0 radical (unpaired) electrons. The molecule has 1 aromatic rings. The van der Waals surface area contributed by atoms with Crippen molar-refractivity contribution >= 4 is 11.7 Å². The molecule has 0 aliphatic carbocycles. The number of hydrogen-bond acceptors (Lipinski definition) is 4. The Labute approximate surface area is 99.2 Å². The Hall–Kier alpha value is -1.69. The lowest BCUT2D eigenvalue weighted by Gasteiger charge is -2.23. The van der Waals surface area contributed by atoms with E-state index in [1.54, 1.807) is 7.11 Å². The zero-order valence-corrected chi connectivity index (χ0v) is 10.1. The van der Waals surface area contributed by atoms with Crippen LogP contribution in [-0.4, -0.2) is 30.1 Å². The minimum Gasteiger partial charge on any atom is -0.383 e. The zero-order chi connectivity index (χ0) is 13.1. The van der Waals surface area contributed by atoms with Gasteiger partial charge in [0, 0.05) is 13.7 Å². The van der Waals surface area contributed by atoms with E-state index >= 15 is 0 Å². The summed E-state index contributed by atoms with van der Waals surface area (Å²) < 4.78 is 18.1. The van der Waals surface area contributed by atoms with Crippen LogP contribution in [0.1, 0.15) is 24.2 Å². The molecule has 1 aromatic heterocycles. The number of nitrogens with one attached hydrogen (secondary N) is 1. The molecule has 94 valence electrons. The average molecular weight is 241 g/mol. The lowest BCUT2D eigenvalue weighted by molar-refractivity contribution is 0.0229. The van der Waals surface area contributed by atoms with Crippen LogP contribution < -0.4 is 11.1 Å². The second-order valence-electron chi connectivity index (χ2n) is 4.23. The van der Waals surface area contributed by atoms with Crippen molar-refractivity contribution in [2.75, 3.05) is 19.4 Å². The van der Waals surface area contributed by atoms with Crippen molar-refractivity contribution in [2.45, 2.75) is 19.4 Å². The molecule has 3 N–H and O–H groups in total. The first-order valence-corrected chi connectivity index (χ1v) is 5.10. The van der Waals surface area contributed by atoms with Gasteiger partial charge in [0.2, 0.25) is 0 Å². The second kappa shape index (κ2) is 5.09. The van der Waals surface area contributed by atoms with Crippen LogP contribution in [-0.2, 0) is 4.74 Å². The standard InChI is InChI=1S/C11H16FN3O2/c1-11(2,17-3)6-15-10(16)8-4-7(12)5-14-9(8)13/h4-5H,6H2,1-3H3,(H2,13,14)(H,15,16). The fraction of sp³-hybridized carbons (Fsp3) is 0.455. The van der Waals surface area contributed by atoms with Gasteiger partial charge in [-0.05, 0) is 19.9 Å². The van der Waals surface area contributed by atoms with Gasteiger partial charge in [0.05, 0.1) is 17.4 Å². The maximum Gasteiger partial charge on any atom is 0.255 e. The van der Waals surface area contributed by atoms with Crippen LogP contribution in [0, 0.1) is 5.82 Å². The average Bonchev–Trinajstić information content (AvgIpc) is 2.29. The summed E-state index contributed by atoms with van der Waals surface area (Å²) in [7, 11) is 1.55. The number of ether oxygens (including phenoxy) is 1. The van der Waals surface area contributed by atoms with Crippen LogP contribution >= 0.6 is 0 Å². The molecule has 1 heterocycles. The third-order valence-electron chi connectivity index (χ3n) is 2.36. The van der Waals surface area contributed by atoms with E-state index in [1.165, 1.54) is 0 Å². The van der Waals surface area contributed by atoms with E-state index < -0.39 is 17.3 Å². The molecule has 1 rings (SSSR count). The van der Waals surface area contributed by atoms with Crippen LogP contribution in [0.4, 0.5) is 10.2 Å². The molecule has 0 fully saturated rings. The van der Waals surface area contributed by atoms with Crippen LogP contribution in [0.3, 0.4) is 0 Å². The molecule has 0 aliphatic rings. The van der Waals surface area contributed by atoms with Crippen molar-refractivity contribution in [3.05, 3.63) is 23.6 Å². The summed E-state index contributed by atoms with van der Waals surface area (Å²) in [6.45, 7) is 3.93. The minimum atomic E-state index is -0.602. The number of nitrogens with zero attached hydrogens (tertiary/aromatic N) is 1. The molecule has 5 nitrogen and oxygen atoms in total. The number of rotatable bonds is 4. The van der Waals surface area contributed by atoms with Gasteiger partial charge < -0.3 is 15.8 Å². The van der Waals surface area contributed by atoms with E-state index in [9.17, 15) is 9.18 Å². The molecular weight excluding hydrogens is 225 g/mol. The van der Waals surface area contributed by atoms with Crippen molar-refractivity contribution in [3.8, 4) is 0 Å². The van der Waals surface area contributed by atoms with E-state index in [1.807, 2.05) is 13.8 Å². The van der Waals surface area contributed by atoms with Crippen LogP contribution in [0.25, 0.3) is 0 Å². The highest BCUT2D eigenvalue weighted by atomic mass is 19.1. The molecule has 0 saturated carbocycles. The van der Waals surface area contributed by atoms with Gasteiger partial charge in [-0.1, -0.05) is 0 Å². The highest BCUT2D eigenvalue weighted by Crippen LogP contribution is 2.11. The Balaban J connectivity index is 2.74. The third kappa shape index (κ3) is 3.67.